The molecule has 0 unspecified atom stereocenters. The lowest BCUT2D eigenvalue weighted by Gasteiger charge is -2.07. The first-order valence-electron chi connectivity index (χ1n) is 5.43. The number of nitrogens with zero attached hydrogens (tertiary/aromatic N) is 2. The van der Waals surface area contributed by atoms with Gasteiger partial charge < -0.3 is 5.32 Å². The lowest BCUT2D eigenvalue weighted by atomic mass is 10.2. The van der Waals surface area contributed by atoms with E-state index in [4.69, 9.17) is 0 Å². The highest BCUT2D eigenvalue weighted by Crippen LogP contribution is 2.15. The number of hydrogen-bond acceptors (Lipinski definition) is 3. The average Bonchev–Trinajstić information content (AvgIpc) is 2.27. The summed E-state index contributed by atoms with van der Waals surface area (Å²) in [6.07, 6.45) is 1.58. The molecule has 92 valence electrons. The third-order valence-electron chi connectivity index (χ3n) is 2.31. The minimum atomic E-state index is -0.278. The van der Waals surface area contributed by atoms with Crippen molar-refractivity contribution in [3.05, 3.63) is 51.9 Å². The van der Waals surface area contributed by atoms with Crippen molar-refractivity contribution in [1.82, 2.24) is 9.97 Å². The number of carbonyl (C=O) groups excluding carboxylic acids is 1. The van der Waals surface area contributed by atoms with E-state index in [1.54, 1.807) is 18.3 Å². The van der Waals surface area contributed by atoms with Crippen LogP contribution in [0.3, 0.4) is 0 Å². The molecule has 18 heavy (non-hydrogen) atoms. The fourth-order valence-corrected chi connectivity index (χ4v) is 2.07. The van der Waals surface area contributed by atoms with E-state index in [0.717, 1.165) is 11.3 Å². The SMILES string of the molecule is Cc1cc(C)nc(NC(=O)c2ncccc2Br)c1. The summed E-state index contributed by atoms with van der Waals surface area (Å²) in [7, 11) is 0. The largest absolute Gasteiger partial charge is 0.305 e. The topological polar surface area (TPSA) is 54.9 Å². The summed E-state index contributed by atoms with van der Waals surface area (Å²) in [6, 6.07) is 7.31. The highest BCUT2D eigenvalue weighted by atomic mass is 79.9. The summed E-state index contributed by atoms with van der Waals surface area (Å²) in [5.41, 5.74) is 2.27. The van der Waals surface area contributed by atoms with Gasteiger partial charge in [-0.15, -0.1) is 0 Å². The Bertz CT molecular complexity index is 578. The van der Waals surface area contributed by atoms with Crippen LogP contribution >= 0.6 is 15.9 Å². The number of halogens is 1. The minimum absolute atomic E-state index is 0.278. The van der Waals surface area contributed by atoms with Crippen LogP contribution in [-0.4, -0.2) is 15.9 Å². The van der Waals surface area contributed by atoms with E-state index in [9.17, 15) is 4.79 Å². The molecule has 0 fully saturated rings. The molecule has 0 aliphatic rings. The summed E-state index contributed by atoms with van der Waals surface area (Å²) >= 11 is 3.30. The number of rotatable bonds is 2. The van der Waals surface area contributed by atoms with Crippen LogP contribution in [0.25, 0.3) is 0 Å². The molecular weight excluding hydrogens is 294 g/mol. The zero-order chi connectivity index (χ0) is 13.1. The Hall–Kier alpha value is -1.75. The molecule has 2 aromatic heterocycles. The van der Waals surface area contributed by atoms with Gasteiger partial charge in [-0.1, -0.05) is 0 Å². The lowest BCUT2D eigenvalue weighted by Crippen LogP contribution is -2.15. The zero-order valence-electron chi connectivity index (χ0n) is 10.1. The van der Waals surface area contributed by atoms with Crippen LogP contribution < -0.4 is 5.32 Å². The van der Waals surface area contributed by atoms with Crippen LogP contribution in [0.4, 0.5) is 5.82 Å². The number of amides is 1. The predicted octanol–water partition coefficient (Wildman–Crippen LogP) is 3.11. The number of carbonyl (C=O) groups is 1. The molecule has 0 saturated heterocycles. The van der Waals surface area contributed by atoms with E-state index in [1.165, 1.54) is 0 Å². The Morgan fingerprint density at radius 1 is 1.33 bits per heavy atom. The van der Waals surface area contributed by atoms with Crippen molar-refractivity contribution in [2.24, 2.45) is 0 Å². The Morgan fingerprint density at radius 3 is 2.78 bits per heavy atom. The number of nitrogens with one attached hydrogen (secondary N) is 1. The standard InChI is InChI=1S/C13H12BrN3O/c1-8-6-9(2)16-11(7-8)17-13(18)12-10(14)4-3-5-15-12/h3-7H,1-2H3,(H,16,17,18). The van der Waals surface area contributed by atoms with E-state index in [0.29, 0.717) is 16.0 Å². The number of anilines is 1. The average molecular weight is 306 g/mol. The Labute approximate surface area is 114 Å². The summed E-state index contributed by atoms with van der Waals surface area (Å²) in [4.78, 5) is 20.3. The van der Waals surface area contributed by atoms with Gasteiger partial charge in [0.15, 0.2) is 0 Å². The first-order chi connectivity index (χ1) is 8.56. The van der Waals surface area contributed by atoms with Gasteiger partial charge in [-0.25, -0.2) is 9.97 Å². The van der Waals surface area contributed by atoms with E-state index in [-0.39, 0.29) is 5.91 Å². The van der Waals surface area contributed by atoms with Gasteiger partial charge in [0.1, 0.15) is 11.5 Å². The lowest BCUT2D eigenvalue weighted by molar-refractivity contribution is 0.102. The molecule has 0 aromatic carbocycles. The van der Waals surface area contributed by atoms with Crippen LogP contribution in [0.15, 0.2) is 34.9 Å². The van der Waals surface area contributed by atoms with Gasteiger partial charge in [0.05, 0.1) is 0 Å². The Kier molecular flexibility index (Phi) is 3.72. The molecule has 0 spiro atoms. The van der Waals surface area contributed by atoms with Crippen molar-refractivity contribution in [2.45, 2.75) is 13.8 Å². The second kappa shape index (κ2) is 5.27. The van der Waals surface area contributed by atoms with E-state index in [1.807, 2.05) is 26.0 Å². The van der Waals surface area contributed by atoms with Crippen LogP contribution in [-0.2, 0) is 0 Å². The third kappa shape index (κ3) is 2.92. The normalized spacial score (nSPS) is 10.2. The highest BCUT2D eigenvalue weighted by molar-refractivity contribution is 9.10. The van der Waals surface area contributed by atoms with Crippen LogP contribution in [0.1, 0.15) is 21.7 Å². The summed E-state index contributed by atoms with van der Waals surface area (Å²) in [5, 5.41) is 2.74. The third-order valence-corrected chi connectivity index (χ3v) is 2.95. The molecule has 5 heteroatoms. The quantitative estimate of drug-likeness (QED) is 0.927. The van der Waals surface area contributed by atoms with Gasteiger partial charge in [-0.2, -0.15) is 0 Å². The molecule has 1 amide bonds. The monoisotopic (exact) mass is 305 g/mol. The van der Waals surface area contributed by atoms with Gasteiger partial charge >= 0.3 is 0 Å². The molecule has 1 N–H and O–H groups in total. The Balaban J connectivity index is 2.24. The van der Waals surface area contributed by atoms with Gasteiger partial charge in [0, 0.05) is 16.4 Å². The molecule has 0 aliphatic heterocycles. The first-order valence-corrected chi connectivity index (χ1v) is 6.23. The fraction of sp³-hybridized carbons (Fsp3) is 0.154. The van der Waals surface area contributed by atoms with E-state index >= 15 is 0 Å². The smallest absolute Gasteiger partial charge is 0.276 e. The van der Waals surface area contributed by atoms with Crippen molar-refractivity contribution < 1.29 is 4.79 Å². The fourth-order valence-electron chi connectivity index (χ4n) is 1.63. The highest BCUT2D eigenvalue weighted by Gasteiger charge is 2.12. The summed E-state index contributed by atoms with van der Waals surface area (Å²) < 4.78 is 0.659. The van der Waals surface area contributed by atoms with Crippen LogP contribution in [0.2, 0.25) is 0 Å². The van der Waals surface area contributed by atoms with Crippen molar-refractivity contribution in [2.75, 3.05) is 5.32 Å². The number of aromatic nitrogens is 2. The molecule has 0 saturated carbocycles. The van der Waals surface area contributed by atoms with Crippen molar-refractivity contribution in [3.63, 3.8) is 0 Å². The summed E-state index contributed by atoms with van der Waals surface area (Å²) in [6.45, 7) is 3.85. The van der Waals surface area contributed by atoms with E-state index in [2.05, 4.69) is 31.2 Å². The van der Waals surface area contributed by atoms with Crippen molar-refractivity contribution >= 4 is 27.7 Å². The molecule has 2 rings (SSSR count). The molecule has 2 heterocycles. The van der Waals surface area contributed by atoms with Gasteiger partial charge in [0.25, 0.3) is 5.91 Å². The number of pyridine rings is 2. The van der Waals surface area contributed by atoms with Crippen LogP contribution in [0.5, 0.6) is 0 Å². The van der Waals surface area contributed by atoms with Crippen molar-refractivity contribution in [3.8, 4) is 0 Å². The molecule has 0 radical (unpaired) electrons. The zero-order valence-corrected chi connectivity index (χ0v) is 11.7. The van der Waals surface area contributed by atoms with Gasteiger partial charge in [-0.05, 0) is 59.6 Å². The second-order valence-corrected chi connectivity index (χ2v) is 4.81. The van der Waals surface area contributed by atoms with E-state index < -0.39 is 0 Å². The van der Waals surface area contributed by atoms with Crippen LogP contribution in [0, 0.1) is 13.8 Å². The van der Waals surface area contributed by atoms with Crippen molar-refractivity contribution in [1.29, 1.82) is 0 Å². The molecule has 2 aromatic rings. The second-order valence-electron chi connectivity index (χ2n) is 3.96. The maximum absolute atomic E-state index is 12.0. The maximum atomic E-state index is 12.0. The number of hydrogen-bond donors (Lipinski definition) is 1. The molecular formula is C13H12BrN3O. The summed E-state index contributed by atoms with van der Waals surface area (Å²) in [5.74, 6) is 0.259. The predicted molar refractivity (Wildman–Crippen MR) is 73.6 cm³/mol. The number of aryl methyl sites for hydroxylation is 2. The first kappa shape index (κ1) is 12.7. The van der Waals surface area contributed by atoms with Gasteiger partial charge in [-0.3, -0.25) is 4.79 Å². The molecule has 0 bridgehead atoms. The molecule has 0 aliphatic carbocycles. The molecule has 0 atom stereocenters. The maximum Gasteiger partial charge on any atom is 0.276 e. The molecule has 4 nitrogen and oxygen atoms in total. The Morgan fingerprint density at radius 2 is 2.11 bits per heavy atom. The van der Waals surface area contributed by atoms with Gasteiger partial charge in [0.2, 0.25) is 0 Å². The minimum Gasteiger partial charge on any atom is -0.305 e.